The molecule has 2 rings (SSSR count). The summed E-state index contributed by atoms with van der Waals surface area (Å²) >= 11 is 1.88. The number of H-pyrrole nitrogens is 1. The fraction of sp³-hybridized carbons (Fsp3) is 0.467. The number of nitrogen functional groups attached to an aromatic ring is 1. The molecular formula is C15H22N4OS. The molecule has 0 spiro atoms. The van der Waals surface area contributed by atoms with E-state index in [0.717, 1.165) is 23.7 Å². The largest absolute Gasteiger partial charge is 0.399 e. The van der Waals surface area contributed by atoms with E-state index in [0.29, 0.717) is 17.9 Å². The highest BCUT2D eigenvalue weighted by atomic mass is 32.2. The zero-order valence-corrected chi connectivity index (χ0v) is 13.1. The van der Waals surface area contributed by atoms with Crippen molar-refractivity contribution in [3.8, 4) is 0 Å². The Bertz CT molecular complexity index is 596. The maximum absolute atomic E-state index is 12.1. The van der Waals surface area contributed by atoms with Crippen LogP contribution in [0.1, 0.15) is 36.2 Å². The van der Waals surface area contributed by atoms with E-state index in [1.54, 1.807) is 12.1 Å². The van der Waals surface area contributed by atoms with Gasteiger partial charge in [0.05, 0.1) is 5.52 Å². The molecule has 114 valence electrons. The zero-order valence-electron chi connectivity index (χ0n) is 12.3. The summed E-state index contributed by atoms with van der Waals surface area (Å²) in [4.78, 5) is 12.1. The SMILES string of the molecule is CSCCCCCCNC(=O)c1n[nH]c2ccc(N)cc12. The van der Waals surface area contributed by atoms with Crippen LogP contribution in [0.3, 0.4) is 0 Å². The van der Waals surface area contributed by atoms with Gasteiger partial charge in [-0.15, -0.1) is 0 Å². The summed E-state index contributed by atoms with van der Waals surface area (Å²) in [7, 11) is 0. The topological polar surface area (TPSA) is 83.8 Å². The summed E-state index contributed by atoms with van der Waals surface area (Å²) in [6.45, 7) is 0.689. The number of unbranched alkanes of at least 4 members (excludes halogenated alkanes) is 3. The van der Waals surface area contributed by atoms with Crippen molar-refractivity contribution in [1.82, 2.24) is 15.5 Å². The molecule has 1 amide bonds. The first kappa shape index (κ1) is 15.7. The van der Waals surface area contributed by atoms with Gasteiger partial charge < -0.3 is 11.1 Å². The fourth-order valence-corrected chi connectivity index (χ4v) is 2.71. The van der Waals surface area contributed by atoms with Crippen LogP contribution in [0, 0.1) is 0 Å². The summed E-state index contributed by atoms with van der Waals surface area (Å²) in [6.07, 6.45) is 6.75. The summed E-state index contributed by atoms with van der Waals surface area (Å²) in [6, 6.07) is 5.40. The van der Waals surface area contributed by atoms with Gasteiger partial charge in [-0.25, -0.2) is 0 Å². The highest BCUT2D eigenvalue weighted by Crippen LogP contribution is 2.18. The number of aromatic amines is 1. The molecule has 5 nitrogen and oxygen atoms in total. The third-order valence-electron chi connectivity index (χ3n) is 3.36. The van der Waals surface area contributed by atoms with E-state index in [1.807, 2.05) is 17.8 Å². The van der Waals surface area contributed by atoms with Crippen LogP contribution in [0.2, 0.25) is 0 Å². The number of carbonyl (C=O) groups is 1. The van der Waals surface area contributed by atoms with Crippen molar-refractivity contribution in [3.63, 3.8) is 0 Å². The lowest BCUT2D eigenvalue weighted by Gasteiger charge is -2.04. The first-order chi connectivity index (χ1) is 10.2. The van der Waals surface area contributed by atoms with Gasteiger partial charge in [-0.05, 0) is 43.0 Å². The third kappa shape index (κ3) is 4.39. The Kier molecular flexibility index (Phi) is 5.92. The summed E-state index contributed by atoms with van der Waals surface area (Å²) < 4.78 is 0. The average Bonchev–Trinajstić information content (AvgIpc) is 2.89. The Morgan fingerprint density at radius 2 is 2.14 bits per heavy atom. The molecule has 0 bridgehead atoms. The summed E-state index contributed by atoms with van der Waals surface area (Å²) in [5.41, 5.74) is 7.63. The number of aromatic nitrogens is 2. The Labute approximate surface area is 129 Å². The number of nitrogens with two attached hydrogens (primary N) is 1. The van der Waals surface area contributed by atoms with Crippen LogP contribution in [0.4, 0.5) is 5.69 Å². The highest BCUT2D eigenvalue weighted by Gasteiger charge is 2.13. The Morgan fingerprint density at radius 3 is 2.95 bits per heavy atom. The number of amides is 1. The maximum Gasteiger partial charge on any atom is 0.272 e. The molecule has 0 radical (unpaired) electrons. The number of carbonyl (C=O) groups excluding carboxylic acids is 1. The van der Waals surface area contributed by atoms with Crippen molar-refractivity contribution in [2.45, 2.75) is 25.7 Å². The Morgan fingerprint density at radius 1 is 1.33 bits per heavy atom. The quantitative estimate of drug-likeness (QED) is 0.517. The van der Waals surface area contributed by atoms with Crippen molar-refractivity contribution in [2.75, 3.05) is 24.3 Å². The van der Waals surface area contributed by atoms with Gasteiger partial charge in [0.15, 0.2) is 5.69 Å². The molecule has 4 N–H and O–H groups in total. The molecule has 0 aliphatic heterocycles. The average molecular weight is 306 g/mol. The zero-order chi connectivity index (χ0) is 15.1. The number of anilines is 1. The molecule has 1 aromatic heterocycles. The first-order valence-electron chi connectivity index (χ1n) is 7.23. The van der Waals surface area contributed by atoms with Gasteiger partial charge in [-0.2, -0.15) is 16.9 Å². The lowest BCUT2D eigenvalue weighted by molar-refractivity contribution is 0.0949. The second-order valence-corrected chi connectivity index (χ2v) is 6.03. The smallest absolute Gasteiger partial charge is 0.272 e. The highest BCUT2D eigenvalue weighted by molar-refractivity contribution is 7.98. The summed E-state index contributed by atoms with van der Waals surface area (Å²) in [5.74, 6) is 1.07. The number of rotatable bonds is 8. The number of nitrogens with one attached hydrogen (secondary N) is 2. The molecule has 0 aliphatic carbocycles. The second-order valence-electron chi connectivity index (χ2n) is 5.04. The fourth-order valence-electron chi connectivity index (χ4n) is 2.22. The van der Waals surface area contributed by atoms with E-state index >= 15 is 0 Å². The molecule has 1 aromatic carbocycles. The first-order valence-corrected chi connectivity index (χ1v) is 8.62. The van der Waals surface area contributed by atoms with Crippen LogP contribution in [-0.4, -0.2) is 34.7 Å². The van der Waals surface area contributed by atoms with Crippen LogP contribution < -0.4 is 11.1 Å². The minimum Gasteiger partial charge on any atom is -0.399 e. The monoisotopic (exact) mass is 306 g/mol. The standard InChI is InChI=1S/C15H22N4OS/c1-21-9-5-3-2-4-8-17-15(20)14-12-10-11(16)6-7-13(12)18-19-14/h6-7,10H,2-5,8-9,16H2,1H3,(H,17,20)(H,18,19). The lowest BCUT2D eigenvalue weighted by atomic mass is 10.1. The molecule has 0 unspecified atom stereocenters. The molecule has 0 atom stereocenters. The molecule has 1 heterocycles. The third-order valence-corrected chi connectivity index (χ3v) is 4.06. The van der Waals surface area contributed by atoms with Crippen molar-refractivity contribution < 1.29 is 4.79 Å². The molecule has 2 aromatic rings. The van der Waals surface area contributed by atoms with Gasteiger partial charge >= 0.3 is 0 Å². The molecule has 0 aliphatic rings. The van der Waals surface area contributed by atoms with E-state index in [2.05, 4.69) is 21.8 Å². The van der Waals surface area contributed by atoms with Gasteiger partial charge in [-0.3, -0.25) is 9.89 Å². The maximum atomic E-state index is 12.1. The van der Waals surface area contributed by atoms with Crippen LogP contribution >= 0.6 is 11.8 Å². The van der Waals surface area contributed by atoms with E-state index in [-0.39, 0.29) is 5.91 Å². The second kappa shape index (κ2) is 7.93. The molecule has 0 fully saturated rings. The van der Waals surface area contributed by atoms with E-state index < -0.39 is 0 Å². The molecule has 0 saturated heterocycles. The number of hydrogen-bond acceptors (Lipinski definition) is 4. The molecular weight excluding hydrogens is 284 g/mol. The van der Waals surface area contributed by atoms with Crippen LogP contribution in [0.5, 0.6) is 0 Å². The number of thioether (sulfide) groups is 1. The van der Waals surface area contributed by atoms with Gasteiger partial charge in [0.2, 0.25) is 0 Å². The predicted molar refractivity (Wildman–Crippen MR) is 89.7 cm³/mol. The van der Waals surface area contributed by atoms with Gasteiger partial charge in [-0.1, -0.05) is 12.8 Å². The van der Waals surface area contributed by atoms with Crippen molar-refractivity contribution in [2.24, 2.45) is 0 Å². The number of nitrogens with zero attached hydrogens (tertiary/aromatic N) is 1. The van der Waals surface area contributed by atoms with Crippen LogP contribution in [0.25, 0.3) is 10.9 Å². The Hall–Kier alpha value is -1.69. The van der Waals surface area contributed by atoms with Gasteiger partial charge in [0.25, 0.3) is 5.91 Å². The lowest BCUT2D eigenvalue weighted by Crippen LogP contribution is -2.25. The van der Waals surface area contributed by atoms with Crippen LogP contribution in [-0.2, 0) is 0 Å². The van der Waals surface area contributed by atoms with E-state index in [4.69, 9.17) is 5.73 Å². The van der Waals surface area contributed by atoms with Crippen molar-refractivity contribution in [1.29, 1.82) is 0 Å². The molecule has 6 heteroatoms. The van der Waals surface area contributed by atoms with Gasteiger partial charge in [0.1, 0.15) is 0 Å². The van der Waals surface area contributed by atoms with Gasteiger partial charge in [0, 0.05) is 17.6 Å². The molecule has 21 heavy (non-hydrogen) atoms. The number of hydrogen-bond donors (Lipinski definition) is 3. The minimum atomic E-state index is -0.143. The predicted octanol–water partition coefficient (Wildman–Crippen LogP) is 2.80. The molecule has 0 saturated carbocycles. The van der Waals surface area contributed by atoms with Crippen molar-refractivity contribution >= 4 is 34.3 Å². The minimum absolute atomic E-state index is 0.143. The number of benzene rings is 1. The number of fused-ring (bicyclic) bond motifs is 1. The van der Waals surface area contributed by atoms with E-state index in [9.17, 15) is 4.79 Å². The van der Waals surface area contributed by atoms with E-state index in [1.165, 1.54) is 18.6 Å². The Balaban J connectivity index is 1.81. The normalized spacial score (nSPS) is 10.9. The van der Waals surface area contributed by atoms with Crippen LogP contribution in [0.15, 0.2) is 18.2 Å². The van der Waals surface area contributed by atoms with Crippen molar-refractivity contribution in [3.05, 3.63) is 23.9 Å². The summed E-state index contributed by atoms with van der Waals surface area (Å²) in [5, 5.41) is 10.6.